The van der Waals surface area contributed by atoms with Gasteiger partial charge in [0.15, 0.2) is 0 Å². The van der Waals surface area contributed by atoms with E-state index in [4.69, 9.17) is 4.74 Å². The van der Waals surface area contributed by atoms with Crippen molar-refractivity contribution >= 4 is 23.2 Å². The number of anilines is 2. The van der Waals surface area contributed by atoms with Gasteiger partial charge < -0.3 is 15.4 Å². The highest BCUT2D eigenvalue weighted by atomic mass is 16.5. The highest BCUT2D eigenvalue weighted by Crippen LogP contribution is 2.22. The lowest BCUT2D eigenvalue weighted by molar-refractivity contribution is -0.133. The van der Waals surface area contributed by atoms with Crippen molar-refractivity contribution in [1.29, 1.82) is 0 Å². The van der Waals surface area contributed by atoms with E-state index in [9.17, 15) is 9.59 Å². The minimum Gasteiger partial charge on any atom is -0.495 e. The number of hydrogen-bond acceptors (Lipinski definition) is 3. The van der Waals surface area contributed by atoms with Crippen LogP contribution in [0.4, 0.5) is 11.4 Å². The van der Waals surface area contributed by atoms with Gasteiger partial charge in [-0.25, -0.2) is 0 Å². The lowest BCUT2D eigenvalue weighted by Crippen LogP contribution is -2.29. The molecule has 0 aromatic heterocycles. The molecule has 0 spiro atoms. The Hall–Kier alpha value is -2.82. The van der Waals surface area contributed by atoms with E-state index in [2.05, 4.69) is 10.6 Å². The molecule has 108 valence electrons. The predicted octanol–water partition coefficient (Wildman–Crippen LogP) is 2.58. The van der Waals surface area contributed by atoms with Crippen LogP contribution in [0, 0.1) is 6.92 Å². The van der Waals surface area contributed by atoms with Crippen LogP contribution >= 0.6 is 0 Å². The van der Waals surface area contributed by atoms with Crippen molar-refractivity contribution in [3.8, 4) is 5.75 Å². The number of rotatable bonds is 3. The minimum atomic E-state index is -0.750. The lowest BCUT2D eigenvalue weighted by Gasteiger charge is -2.10. The van der Waals surface area contributed by atoms with Gasteiger partial charge in [0.05, 0.1) is 12.8 Å². The van der Waals surface area contributed by atoms with Crippen LogP contribution in [0.25, 0.3) is 0 Å². The monoisotopic (exact) mass is 284 g/mol. The van der Waals surface area contributed by atoms with Gasteiger partial charge in [0, 0.05) is 5.69 Å². The summed E-state index contributed by atoms with van der Waals surface area (Å²) in [6.45, 7) is 1.94. The van der Waals surface area contributed by atoms with Crippen molar-refractivity contribution in [2.45, 2.75) is 6.92 Å². The predicted molar refractivity (Wildman–Crippen MR) is 81.4 cm³/mol. The second-order valence-electron chi connectivity index (χ2n) is 4.47. The molecule has 2 aromatic carbocycles. The molecule has 0 bridgehead atoms. The Balaban J connectivity index is 2.02. The highest BCUT2D eigenvalue weighted by Gasteiger charge is 2.15. The zero-order valence-electron chi connectivity index (χ0n) is 11.8. The summed E-state index contributed by atoms with van der Waals surface area (Å²) >= 11 is 0. The van der Waals surface area contributed by atoms with Gasteiger partial charge in [-0.3, -0.25) is 9.59 Å². The summed E-state index contributed by atoms with van der Waals surface area (Å²) in [5.74, 6) is -0.987. The molecule has 2 aromatic rings. The zero-order valence-corrected chi connectivity index (χ0v) is 11.8. The van der Waals surface area contributed by atoms with E-state index in [1.165, 1.54) is 7.11 Å². The Morgan fingerprint density at radius 2 is 1.52 bits per heavy atom. The first kappa shape index (κ1) is 14.6. The average molecular weight is 284 g/mol. The van der Waals surface area contributed by atoms with Gasteiger partial charge in [-0.1, -0.05) is 29.8 Å². The van der Waals surface area contributed by atoms with Crippen LogP contribution < -0.4 is 15.4 Å². The molecular formula is C16H16N2O3. The minimum absolute atomic E-state index is 0.448. The molecule has 0 saturated heterocycles. The number of hydrogen-bond donors (Lipinski definition) is 2. The number of nitrogens with one attached hydrogen (secondary N) is 2. The van der Waals surface area contributed by atoms with Crippen LogP contribution in [0.2, 0.25) is 0 Å². The van der Waals surface area contributed by atoms with E-state index in [1.807, 2.05) is 19.1 Å². The summed E-state index contributed by atoms with van der Waals surface area (Å²) in [6, 6.07) is 14.1. The first-order valence-electron chi connectivity index (χ1n) is 6.42. The van der Waals surface area contributed by atoms with Gasteiger partial charge in [0.1, 0.15) is 5.75 Å². The number of methoxy groups -OCH3 is 1. The van der Waals surface area contributed by atoms with Gasteiger partial charge >= 0.3 is 11.8 Å². The fraction of sp³-hybridized carbons (Fsp3) is 0.125. The van der Waals surface area contributed by atoms with Crippen molar-refractivity contribution in [1.82, 2.24) is 0 Å². The molecule has 0 heterocycles. The standard InChI is InChI=1S/C16H16N2O3/c1-11-7-9-12(10-8-11)17-15(19)16(20)18-13-5-3-4-6-14(13)21-2/h3-10H,1-2H3,(H,17,19)(H,18,20). The Bertz CT molecular complexity index is 651. The molecule has 0 fully saturated rings. The maximum Gasteiger partial charge on any atom is 0.314 e. The van der Waals surface area contributed by atoms with E-state index in [1.54, 1.807) is 36.4 Å². The van der Waals surface area contributed by atoms with Crippen LogP contribution in [-0.2, 0) is 9.59 Å². The second-order valence-corrected chi connectivity index (χ2v) is 4.47. The summed E-state index contributed by atoms with van der Waals surface area (Å²) in [5, 5.41) is 5.05. The topological polar surface area (TPSA) is 67.4 Å². The van der Waals surface area contributed by atoms with Gasteiger partial charge in [0.2, 0.25) is 0 Å². The molecule has 0 unspecified atom stereocenters. The summed E-state index contributed by atoms with van der Waals surface area (Å²) in [5.41, 5.74) is 2.09. The largest absolute Gasteiger partial charge is 0.495 e. The number of ether oxygens (including phenoxy) is 1. The van der Waals surface area contributed by atoms with E-state index in [0.717, 1.165) is 5.56 Å². The maximum absolute atomic E-state index is 11.9. The normalized spacial score (nSPS) is 9.81. The Morgan fingerprint density at radius 1 is 0.905 bits per heavy atom. The number of para-hydroxylation sites is 2. The van der Waals surface area contributed by atoms with E-state index in [0.29, 0.717) is 17.1 Å². The van der Waals surface area contributed by atoms with Crippen LogP contribution in [0.1, 0.15) is 5.56 Å². The molecule has 0 radical (unpaired) electrons. The molecule has 5 nitrogen and oxygen atoms in total. The molecule has 0 aliphatic rings. The number of benzene rings is 2. The SMILES string of the molecule is COc1ccccc1NC(=O)C(=O)Nc1ccc(C)cc1. The molecule has 21 heavy (non-hydrogen) atoms. The first-order valence-corrected chi connectivity index (χ1v) is 6.42. The van der Waals surface area contributed by atoms with Crippen molar-refractivity contribution in [3.63, 3.8) is 0 Å². The highest BCUT2D eigenvalue weighted by molar-refractivity contribution is 6.43. The molecule has 2 N–H and O–H groups in total. The van der Waals surface area contributed by atoms with Gasteiger partial charge in [0.25, 0.3) is 0 Å². The maximum atomic E-state index is 11.9. The Labute approximate surface area is 122 Å². The summed E-state index contributed by atoms with van der Waals surface area (Å²) < 4.78 is 5.11. The van der Waals surface area contributed by atoms with Crippen molar-refractivity contribution in [3.05, 3.63) is 54.1 Å². The molecule has 0 atom stereocenters. The van der Waals surface area contributed by atoms with E-state index < -0.39 is 11.8 Å². The fourth-order valence-electron chi connectivity index (χ4n) is 1.75. The summed E-state index contributed by atoms with van der Waals surface area (Å²) in [7, 11) is 1.50. The molecule has 0 saturated carbocycles. The first-order chi connectivity index (χ1) is 10.1. The van der Waals surface area contributed by atoms with Crippen LogP contribution in [0.3, 0.4) is 0 Å². The molecule has 5 heteroatoms. The van der Waals surface area contributed by atoms with Crippen molar-refractivity contribution in [2.24, 2.45) is 0 Å². The van der Waals surface area contributed by atoms with Gasteiger partial charge in [-0.05, 0) is 31.2 Å². The third-order valence-corrected chi connectivity index (χ3v) is 2.87. The van der Waals surface area contributed by atoms with Crippen LogP contribution in [-0.4, -0.2) is 18.9 Å². The van der Waals surface area contributed by atoms with E-state index >= 15 is 0 Å². The third-order valence-electron chi connectivity index (χ3n) is 2.87. The Kier molecular flexibility index (Phi) is 4.56. The fourth-order valence-corrected chi connectivity index (χ4v) is 1.75. The number of amides is 2. The van der Waals surface area contributed by atoms with E-state index in [-0.39, 0.29) is 0 Å². The molecule has 0 aliphatic carbocycles. The molecule has 0 aliphatic heterocycles. The van der Waals surface area contributed by atoms with Crippen molar-refractivity contribution in [2.75, 3.05) is 17.7 Å². The quantitative estimate of drug-likeness (QED) is 0.851. The number of aryl methyl sites for hydroxylation is 1. The second kappa shape index (κ2) is 6.56. The summed E-state index contributed by atoms with van der Waals surface area (Å²) in [4.78, 5) is 23.7. The number of carbonyl (C=O) groups excluding carboxylic acids is 2. The van der Waals surface area contributed by atoms with Gasteiger partial charge in [-0.15, -0.1) is 0 Å². The molecular weight excluding hydrogens is 268 g/mol. The van der Waals surface area contributed by atoms with Gasteiger partial charge in [-0.2, -0.15) is 0 Å². The molecule has 2 amide bonds. The van der Waals surface area contributed by atoms with Crippen molar-refractivity contribution < 1.29 is 14.3 Å². The summed E-state index contributed by atoms with van der Waals surface area (Å²) in [6.07, 6.45) is 0. The number of carbonyl (C=O) groups is 2. The third kappa shape index (κ3) is 3.82. The molecule has 2 rings (SSSR count). The van der Waals surface area contributed by atoms with Crippen LogP contribution in [0.5, 0.6) is 5.75 Å². The van der Waals surface area contributed by atoms with Crippen LogP contribution in [0.15, 0.2) is 48.5 Å². The smallest absolute Gasteiger partial charge is 0.314 e. The Morgan fingerprint density at radius 3 is 2.19 bits per heavy atom. The lowest BCUT2D eigenvalue weighted by atomic mass is 10.2. The zero-order chi connectivity index (χ0) is 15.2. The average Bonchev–Trinajstić information content (AvgIpc) is 2.50.